The lowest BCUT2D eigenvalue weighted by molar-refractivity contribution is 0.125. The second-order valence-electron chi connectivity index (χ2n) is 6.04. The third kappa shape index (κ3) is 4.62. The molecule has 2 atom stereocenters. The predicted molar refractivity (Wildman–Crippen MR) is 94.3 cm³/mol. The number of halogens is 1. The summed E-state index contributed by atoms with van der Waals surface area (Å²) >= 11 is 6.17. The molecule has 1 heterocycles. The monoisotopic (exact) mass is 322 g/mol. The van der Waals surface area contributed by atoms with Crippen molar-refractivity contribution >= 4 is 17.6 Å². The smallest absolute Gasteiger partial charge is 0.188 e. The number of nitrogens with one attached hydrogen (secondary N) is 1. The van der Waals surface area contributed by atoms with Gasteiger partial charge in [-0.1, -0.05) is 30.7 Å². The summed E-state index contributed by atoms with van der Waals surface area (Å²) < 4.78 is 0. The Hall–Kier alpha value is -1.26. The number of guanidine groups is 1. The maximum Gasteiger partial charge on any atom is 0.188 e. The Labute approximate surface area is 138 Å². The molecule has 2 rings (SSSR count). The van der Waals surface area contributed by atoms with Crippen molar-refractivity contribution in [3.05, 3.63) is 34.9 Å². The number of piperidine rings is 1. The molecule has 0 bridgehead atoms. The van der Waals surface area contributed by atoms with Crippen LogP contribution in [0.5, 0.6) is 0 Å². The van der Waals surface area contributed by atoms with Crippen LogP contribution in [0.25, 0.3) is 0 Å². The fourth-order valence-corrected chi connectivity index (χ4v) is 3.39. The molecule has 0 spiro atoms. The van der Waals surface area contributed by atoms with E-state index in [0.29, 0.717) is 17.9 Å². The first-order valence-corrected chi connectivity index (χ1v) is 8.49. The molecule has 1 aromatic carbocycles. The molecule has 2 unspecified atom stereocenters. The fraction of sp³-hybridized carbons (Fsp3) is 0.588. The van der Waals surface area contributed by atoms with Gasteiger partial charge in [-0.25, -0.2) is 0 Å². The summed E-state index contributed by atoms with van der Waals surface area (Å²) in [6.07, 6.45) is 3.43. The average Bonchev–Trinajstić information content (AvgIpc) is 2.50. The number of rotatable bonds is 5. The second kappa shape index (κ2) is 8.39. The molecule has 5 heteroatoms. The van der Waals surface area contributed by atoms with Gasteiger partial charge in [-0.15, -0.1) is 0 Å². The SMILES string of the molecule is CCCNC(N)=NCC1CCCN(C)C1c1cccc(Cl)c1. The van der Waals surface area contributed by atoms with Crippen LogP contribution in [0.1, 0.15) is 37.8 Å². The third-order valence-electron chi connectivity index (χ3n) is 4.25. The Morgan fingerprint density at radius 3 is 3.05 bits per heavy atom. The summed E-state index contributed by atoms with van der Waals surface area (Å²) in [6.45, 7) is 4.86. The lowest BCUT2D eigenvalue weighted by Gasteiger charge is -2.39. The van der Waals surface area contributed by atoms with Crippen molar-refractivity contribution in [1.82, 2.24) is 10.2 Å². The van der Waals surface area contributed by atoms with Crippen molar-refractivity contribution < 1.29 is 0 Å². The van der Waals surface area contributed by atoms with Gasteiger partial charge in [0.2, 0.25) is 0 Å². The number of likely N-dealkylation sites (tertiary alicyclic amines) is 1. The Balaban J connectivity index is 2.10. The molecule has 1 fully saturated rings. The van der Waals surface area contributed by atoms with Crippen LogP contribution < -0.4 is 11.1 Å². The van der Waals surface area contributed by atoms with Crippen molar-refractivity contribution in [2.75, 3.05) is 26.7 Å². The van der Waals surface area contributed by atoms with E-state index in [1.165, 1.54) is 18.4 Å². The van der Waals surface area contributed by atoms with E-state index >= 15 is 0 Å². The highest BCUT2D eigenvalue weighted by Crippen LogP contribution is 2.36. The van der Waals surface area contributed by atoms with E-state index < -0.39 is 0 Å². The van der Waals surface area contributed by atoms with Gasteiger partial charge >= 0.3 is 0 Å². The van der Waals surface area contributed by atoms with Crippen molar-refractivity contribution in [2.45, 2.75) is 32.2 Å². The summed E-state index contributed by atoms with van der Waals surface area (Å²) in [6, 6.07) is 8.54. The van der Waals surface area contributed by atoms with Gasteiger partial charge in [0, 0.05) is 24.2 Å². The van der Waals surface area contributed by atoms with Crippen LogP contribution in [0.2, 0.25) is 5.02 Å². The van der Waals surface area contributed by atoms with Crippen molar-refractivity contribution in [3.63, 3.8) is 0 Å². The van der Waals surface area contributed by atoms with E-state index in [-0.39, 0.29) is 0 Å². The van der Waals surface area contributed by atoms with Crippen molar-refractivity contribution in [2.24, 2.45) is 16.6 Å². The van der Waals surface area contributed by atoms with Gasteiger partial charge in [0.1, 0.15) is 0 Å². The minimum absolute atomic E-state index is 0.357. The van der Waals surface area contributed by atoms with Gasteiger partial charge in [-0.3, -0.25) is 9.89 Å². The number of hydrogen-bond acceptors (Lipinski definition) is 2. The van der Waals surface area contributed by atoms with Crippen LogP contribution in [0.15, 0.2) is 29.3 Å². The van der Waals surface area contributed by atoms with Crippen LogP contribution in [0.4, 0.5) is 0 Å². The number of nitrogens with two attached hydrogens (primary N) is 1. The van der Waals surface area contributed by atoms with Crippen LogP contribution in [-0.2, 0) is 0 Å². The zero-order valence-electron chi connectivity index (χ0n) is 13.6. The molecule has 0 saturated carbocycles. The Bertz CT molecular complexity index is 503. The predicted octanol–water partition coefficient (Wildman–Crippen LogP) is 3.04. The minimum Gasteiger partial charge on any atom is -0.370 e. The number of nitrogens with zero attached hydrogens (tertiary/aromatic N) is 2. The highest BCUT2D eigenvalue weighted by molar-refractivity contribution is 6.30. The topological polar surface area (TPSA) is 53.6 Å². The fourth-order valence-electron chi connectivity index (χ4n) is 3.19. The van der Waals surface area contributed by atoms with E-state index in [4.69, 9.17) is 17.3 Å². The normalized spacial score (nSPS) is 23.5. The van der Waals surface area contributed by atoms with E-state index in [0.717, 1.165) is 31.1 Å². The van der Waals surface area contributed by atoms with Gasteiger partial charge in [0.05, 0.1) is 0 Å². The maximum atomic E-state index is 6.17. The number of aliphatic imine (C=N–C) groups is 1. The Kier molecular flexibility index (Phi) is 6.52. The van der Waals surface area contributed by atoms with Crippen LogP contribution in [0.3, 0.4) is 0 Å². The largest absolute Gasteiger partial charge is 0.370 e. The molecule has 0 radical (unpaired) electrons. The zero-order chi connectivity index (χ0) is 15.9. The molecule has 0 aliphatic carbocycles. The second-order valence-corrected chi connectivity index (χ2v) is 6.47. The molecular weight excluding hydrogens is 296 g/mol. The van der Waals surface area contributed by atoms with E-state index in [1.807, 2.05) is 12.1 Å². The molecular formula is C17H27ClN4. The van der Waals surface area contributed by atoms with Crippen molar-refractivity contribution in [3.8, 4) is 0 Å². The molecule has 0 amide bonds. The number of benzene rings is 1. The molecule has 122 valence electrons. The molecule has 1 aromatic rings. The van der Waals surface area contributed by atoms with Gasteiger partial charge in [-0.05, 0) is 56.5 Å². The van der Waals surface area contributed by atoms with E-state index in [1.54, 1.807) is 0 Å². The van der Waals surface area contributed by atoms with Gasteiger partial charge in [0.25, 0.3) is 0 Å². The molecule has 1 saturated heterocycles. The first kappa shape index (κ1) is 17.1. The zero-order valence-corrected chi connectivity index (χ0v) is 14.3. The molecule has 0 aromatic heterocycles. The van der Waals surface area contributed by atoms with Crippen LogP contribution in [0, 0.1) is 5.92 Å². The van der Waals surface area contributed by atoms with Gasteiger partial charge in [-0.2, -0.15) is 0 Å². The lowest BCUT2D eigenvalue weighted by atomic mass is 9.85. The Morgan fingerprint density at radius 1 is 1.50 bits per heavy atom. The first-order valence-electron chi connectivity index (χ1n) is 8.11. The highest BCUT2D eigenvalue weighted by Gasteiger charge is 2.30. The summed E-state index contributed by atoms with van der Waals surface area (Å²) in [5.41, 5.74) is 7.20. The third-order valence-corrected chi connectivity index (χ3v) is 4.48. The summed E-state index contributed by atoms with van der Waals surface area (Å²) in [5, 5.41) is 3.93. The average molecular weight is 323 g/mol. The van der Waals surface area contributed by atoms with E-state index in [9.17, 15) is 0 Å². The molecule has 3 N–H and O–H groups in total. The quantitative estimate of drug-likeness (QED) is 0.647. The Morgan fingerprint density at radius 2 is 2.32 bits per heavy atom. The van der Waals surface area contributed by atoms with Gasteiger partial charge in [0.15, 0.2) is 5.96 Å². The minimum atomic E-state index is 0.357. The molecule has 1 aliphatic rings. The highest BCUT2D eigenvalue weighted by atomic mass is 35.5. The summed E-state index contributed by atoms with van der Waals surface area (Å²) in [5.74, 6) is 1.03. The van der Waals surface area contributed by atoms with Gasteiger partial charge < -0.3 is 11.1 Å². The van der Waals surface area contributed by atoms with Crippen LogP contribution in [-0.4, -0.2) is 37.5 Å². The molecule has 22 heavy (non-hydrogen) atoms. The van der Waals surface area contributed by atoms with Crippen molar-refractivity contribution in [1.29, 1.82) is 0 Å². The standard InChI is InChI=1S/C17H27ClN4/c1-3-9-20-17(19)21-12-14-7-5-10-22(2)16(14)13-6-4-8-15(18)11-13/h4,6,8,11,14,16H,3,5,7,9-10,12H2,1-2H3,(H3,19,20,21). The number of hydrogen-bond donors (Lipinski definition) is 2. The van der Waals surface area contributed by atoms with Crippen LogP contribution >= 0.6 is 11.6 Å². The first-order chi connectivity index (χ1) is 10.6. The summed E-state index contributed by atoms with van der Waals surface area (Å²) in [4.78, 5) is 6.95. The maximum absolute atomic E-state index is 6.17. The molecule has 4 nitrogen and oxygen atoms in total. The summed E-state index contributed by atoms with van der Waals surface area (Å²) in [7, 11) is 2.18. The van der Waals surface area contributed by atoms with E-state index in [2.05, 4.69) is 41.3 Å². The lowest BCUT2D eigenvalue weighted by Crippen LogP contribution is -2.38. The molecule has 1 aliphatic heterocycles.